The molecular formula is C13H11BrClFN2O. The number of amides is 1. The highest BCUT2D eigenvalue weighted by Crippen LogP contribution is 2.24. The maximum Gasteiger partial charge on any atom is 0.272 e. The SMILES string of the molecule is CCn1cc(Cl)cc1C(=O)Nc1cc(F)ccc1Br. The van der Waals surface area contributed by atoms with Crippen molar-refractivity contribution < 1.29 is 9.18 Å². The fraction of sp³-hybridized carbons (Fsp3) is 0.154. The summed E-state index contributed by atoms with van der Waals surface area (Å²) in [7, 11) is 0. The minimum absolute atomic E-state index is 0.333. The molecule has 0 atom stereocenters. The molecule has 1 amide bonds. The van der Waals surface area contributed by atoms with Crippen LogP contribution >= 0.6 is 27.5 Å². The van der Waals surface area contributed by atoms with E-state index in [1.807, 2.05) is 6.92 Å². The zero-order chi connectivity index (χ0) is 14.0. The number of hydrogen-bond donors (Lipinski definition) is 1. The van der Waals surface area contributed by atoms with Gasteiger partial charge in [-0.3, -0.25) is 4.79 Å². The van der Waals surface area contributed by atoms with E-state index in [-0.39, 0.29) is 5.91 Å². The van der Waals surface area contributed by atoms with E-state index in [1.165, 1.54) is 18.2 Å². The van der Waals surface area contributed by atoms with E-state index in [9.17, 15) is 9.18 Å². The van der Waals surface area contributed by atoms with E-state index >= 15 is 0 Å². The number of carbonyl (C=O) groups is 1. The second-order valence-corrected chi connectivity index (χ2v) is 5.20. The van der Waals surface area contributed by atoms with Crippen LogP contribution in [-0.2, 0) is 6.54 Å². The van der Waals surface area contributed by atoms with Crippen LogP contribution < -0.4 is 5.32 Å². The number of aryl methyl sites for hydroxylation is 1. The summed E-state index contributed by atoms with van der Waals surface area (Å²) in [5.41, 5.74) is 0.814. The lowest BCUT2D eigenvalue weighted by atomic mass is 10.3. The molecule has 0 unspecified atom stereocenters. The molecule has 6 heteroatoms. The van der Waals surface area contributed by atoms with E-state index in [2.05, 4.69) is 21.2 Å². The molecule has 1 N–H and O–H groups in total. The fourth-order valence-electron chi connectivity index (χ4n) is 1.71. The highest BCUT2D eigenvalue weighted by atomic mass is 79.9. The lowest BCUT2D eigenvalue weighted by Crippen LogP contribution is -2.16. The summed E-state index contributed by atoms with van der Waals surface area (Å²) < 4.78 is 15.5. The summed E-state index contributed by atoms with van der Waals surface area (Å²) in [5, 5.41) is 3.14. The molecule has 3 nitrogen and oxygen atoms in total. The summed E-state index contributed by atoms with van der Waals surface area (Å²) >= 11 is 9.14. The summed E-state index contributed by atoms with van der Waals surface area (Å²) in [4.78, 5) is 12.1. The van der Waals surface area contributed by atoms with E-state index in [4.69, 9.17) is 11.6 Å². The molecule has 0 aliphatic rings. The zero-order valence-corrected chi connectivity index (χ0v) is 12.4. The van der Waals surface area contributed by atoms with Gasteiger partial charge in [0, 0.05) is 17.2 Å². The molecule has 0 aliphatic heterocycles. The topological polar surface area (TPSA) is 34.0 Å². The van der Waals surface area contributed by atoms with Gasteiger partial charge in [0.15, 0.2) is 0 Å². The van der Waals surface area contributed by atoms with Gasteiger partial charge >= 0.3 is 0 Å². The average Bonchev–Trinajstić information content (AvgIpc) is 2.75. The zero-order valence-electron chi connectivity index (χ0n) is 10.1. The van der Waals surface area contributed by atoms with Crippen molar-refractivity contribution in [2.45, 2.75) is 13.5 Å². The second kappa shape index (κ2) is 5.75. The van der Waals surface area contributed by atoms with Crippen LogP contribution in [0.2, 0.25) is 5.02 Å². The molecule has 0 radical (unpaired) electrons. The maximum absolute atomic E-state index is 13.2. The number of aromatic nitrogens is 1. The Morgan fingerprint density at radius 2 is 2.21 bits per heavy atom. The van der Waals surface area contributed by atoms with Gasteiger partial charge in [-0.25, -0.2) is 4.39 Å². The minimum Gasteiger partial charge on any atom is -0.342 e. The highest BCUT2D eigenvalue weighted by molar-refractivity contribution is 9.10. The molecule has 0 saturated heterocycles. The first-order valence-electron chi connectivity index (χ1n) is 5.63. The van der Waals surface area contributed by atoms with Gasteiger partial charge in [0.05, 0.1) is 10.7 Å². The van der Waals surface area contributed by atoms with E-state index < -0.39 is 5.82 Å². The van der Waals surface area contributed by atoms with Crippen molar-refractivity contribution in [2.75, 3.05) is 5.32 Å². The number of benzene rings is 1. The van der Waals surface area contributed by atoms with E-state index in [1.54, 1.807) is 16.8 Å². The first-order valence-corrected chi connectivity index (χ1v) is 6.80. The summed E-state index contributed by atoms with van der Waals surface area (Å²) in [6.45, 7) is 2.53. The van der Waals surface area contributed by atoms with Crippen molar-refractivity contribution in [3.8, 4) is 0 Å². The van der Waals surface area contributed by atoms with E-state index in [0.29, 0.717) is 27.4 Å². The van der Waals surface area contributed by atoms with Crippen molar-refractivity contribution in [1.82, 2.24) is 4.57 Å². The minimum atomic E-state index is -0.414. The number of hydrogen-bond acceptors (Lipinski definition) is 1. The largest absolute Gasteiger partial charge is 0.342 e. The summed E-state index contributed by atoms with van der Waals surface area (Å²) in [6, 6.07) is 5.68. The molecule has 2 aromatic rings. The molecule has 0 aliphatic carbocycles. The number of carbonyl (C=O) groups excluding carboxylic acids is 1. The normalized spacial score (nSPS) is 10.5. The van der Waals surface area contributed by atoms with Crippen LogP contribution in [0.1, 0.15) is 17.4 Å². The van der Waals surface area contributed by atoms with Crippen LogP contribution in [0, 0.1) is 5.82 Å². The Kier molecular flexibility index (Phi) is 4.27. The smallest absolute Gasteiger partial charge is 0.272 e. The quantitative estimate of drug-likeness (QED) is 0.883. The number of anilines is 1. The Balaban J connectivity index is 2.27. The van der Waals surface area contributed by atoms with Gasteiger partial charge in [0.25, 0.3) is 5.91 Å². The van der Waals surface area contributed by atoms with Crippen LogP contribution in [0.15, 0.2) is 34.9 Å². The molecule has 19 heavy (non-hydrogen) atoms. The first-order chi connectivity index (χ1) is 9.01. The molecule has 100 valence electrons. The lowest BCUT2D eigenvalue weighted by molar-refractivity contribution is 0.101. The molecule has 1 aromatic carbocycles. The van der Waals surface area contributed by atoms with Crippen LogP contribution in [-0.4, -0.2) is 10.5 Å². The van der Waals surface area contributed by atoms with Gasteiger partial charge in [0.2, 0.25) is 0 Å². The number of nitrogens with one attached hydrogen (secondary N) is 1. The third-order valence-electron chi connectivity index (χ3n) is 2.61. The van der Waals surface area contributed by atoms with Crippen LogP contribution in [0.25, 0.3) is 0 Å². The molecular weight excluding hydrogens is 335 g/mol. The van der Waals surface area contributed by atoms with Gasteiger partial charge < -0.3 is 9.88 Å². The standard InChI is InChI=1S/C13H11BrClFN2O/c1-2-18-7-8(15)5-12(18)13(19)17-11-6-9(16)3-4-10(11)14/h3-7H,2H2,1H3,(H,17,19). The van der Waals surface area contributed by atoms with Gasteiger partial charge in [-0.2, -0.15) is 0 Å². The van der Waals surface area contributed by atoms with E-state index in [0.717, 1.165) is 0 Å². The van der Waals surface area contributed by atoms with Crippen molar-refractivity contribution in [1.29, 1.82) is 0 Å². The van der Waals surface area contributed by atoms with Crippen LogP contribution in [0.3, 0.4) is 0 Å². The van der Waals surface area contributed by atoms with Crippen LogP contribution in [0.5, 0.6) is 0 Å². The van der Waals surface area contributed by atoms with Gasteiger partial charge in [0.1, 0.15) is 11.5 Å². The first kappa shape index (κ1) is 14.1. The van der Waals surface area contributed by atoms with Crippen LogP contribution in [0.4, 0.5) is 10.1 Å². The predicted octanol–water partition coefficient (Wildman–Crippen LogP) is 4.32. The van der Waals surface area contributed by atoms with Crippen molar-refractivity contribution in [3.63, 3.8) is 0 Å². The average molecular weight is 346 g/mol. The number of nitrogens with zero attached hydrogens (tertiary/aromatic N) is 1. The molecule has 0 fully saturated rings. The molecule has 1 heterocycles. The Morgan fingerprint density at radius 3 is 2.89 bits per heavy atom. The Hall–Kier alpha value is -1.33. The predicted molar refractivity (Wildman–Crippen MR) is 77.2 cm³/mol. The second-order valence-electron chi connectivity index (χ2n) is 3.91. The summed E-state index contributed by atoms with van der Waals surface area (Å²) in [6.07, 6.45) is 1.68. The lowest BCUT2D eigenvalue weighted by Gasteiger charge is -2.09. The van der Waals surface area contributed by atoms with Gasteiger partial charge in [-0.05, 0) is 47.1 Å². The molecule has 0 spiro atoms. The third-order valence-corrected chi connectivity index (χ3v) is 3.51. The van der Waals surface area contributed by atoms with Gasteiger partial charge in [-0.1, -0.05) is 11.6 Å². The van der Waals surface area contributed by atoms with Crippen molar-refractivity contribution >= 4 is 39.1 Å². The molecule has 0 bridgehead atoms. The summed E-state index contributed by atoms with van der Waals surface area (Å²) in [5.74, 6) is -0.748. The van der Waals surface area contributed by atoms with Gasteiger partial charge in [-0.15, -0.1) is 0 Å². The molecule has 1 aromatic heterocycles. The number of halogens is 3. The molecule has 2 rings (SSSR count). The molecule has 0 saturated carbocycles. The Bertz CT molecular complexity index is 627. The highest BCUT2D eigenvalue weighted by Gasteiger charge is 2.14. The number of rotatable bonds is 3. The monoisotopic (exact) mass is 344 g/mol. The fourth-order valence-corrected chi connectivity index (χ4v) is 2.27. The van der Waals surface area contributed by atoms with Crippen molar-refractivity contribution in [3.05, 3.63) is 51.5 Å². The van der Waals surface area contributed by atoms with Crippen molar-refractivity contribution in [2.24, 2.45) is 0 Å². The third kappa shape index (κ3) is 3.16. The Labute approximate surface area is 123 Å². The Morgan fingerprint density at radius 1 is 1.47 bits per heavy atom. The maximum atomic E-state index is 13.2.